The van der Waals surface area contributed by atoms with E-state index in [1.807, 2.05) is 6.92 Å². The number of likely N-dealkylation sites (tertiary alicyclic amines) is 2. The number of nitrogens with zero attached hydrogens (tertiary/aromatic N) is 5. The number of halogens is 10. The van der Waals surface area contributed by atoms with Gasteiger partial charge >= 0.3 is 13.2 Å². The molecule has 480 valence electrons. The minimum atomic E-state index is -3.99. The molecule has 3 aromatic carbocycles. The molecule has 2 saturated heterocycles. The van der Waals surface area contributed by atoms with Gasteiger partial charge in [0.1, 0.15) is 47.6 Å². The van der Waals surface area contributed by atoms with Crippen LogP contribution in [0.2, 0.25) is 0 Å². The number of aryl methyl sites for hydroxylation is 2. The minimum Gasteiger partial charge on any atom is -0.435 e. The van der Waals surface area contributed by atoms with Crippen molar-refractivity contribution in [2.75, 3.05) is 23.7 Å². The Kier molecular flexibility index (Phi) is 18.4. The number of aliphatic hydroxyl groups excluding tert-OH is 1. The second-order valence-corrected chi connectivity index (χ2v) is 24.8. The highest BCUT2D eigenvalue weighted by Gasteiger charge is 2.55. The predicted molar refractivity (Wildman–Crippen MR) is 309 cm³/mol. The third kappa shape index (κ3) is 13.4. The fraction of sp³-hybridized carbons (Fsp3) is 0.419. The number of anilines is 2. The Morgan fingerprint density at radius 3 is 1.51 bits per heavy atom. The summed E-state index contributed by atoms with van der Waals surface area (Å²) in [5, 5.41) is 14.5. The summed E-state index contributed by atoms with van der Waals surface area (Å²) in [6.07, 6.45) is -7.02. The minimum absolute atomic E-state index is 0.0337. The van der Waals surface area contributed by atoms with Gasteiger partial charge in [0.2, 0.25) is 35.5 Å². The van der Waals surface area contributed by atoms with E-state index in [4.69, 9.17) is 0 Å². The van der Waals surface area contributed by atoms with Crippen molar-refractivity contribution in [3.63, 3.8) is 0 Å². The molecule has 90 heavy (non-hydrogen) atoms. The number of ether oxygens (including phenoxy) is 2. The second-order valence-electron chi connectivity index (χ2n) is 23.0. The third-order valence-corrected chi connectivity index (χ3v) is 19.0. The molecule has 2 aliphatic carbocycles. The predicted octanol–water partition coefficient (Wildman–Crippen LogP) is 11.5. The summed E-state index contributed by atoms with van der Waals surface area (Å²) in [7, 11) is -3.99. The topological polar surface area (TPSA) is 218 Å². The fourth-order valence-electron chi connectivity index (χ4n) is 12.5. The maximum Gasteiger partial charge on any atom is 0.387 e. The van der Waals surface area contributed by atoms with Crippen molar-refractivity contribution in [2.24, 2.45) is 0 Å². The Labute approximate surface area is 509 Å². The van der Waals surface area contributed by atoms with Gasteiger partial charge in [0.15, 0.2) is 0 Å². The average Bonchev–Trinajstić information content (AvgIpc) is 1.38. The number of alkyl halides is 10. The number of hydrogen-bond acceptors (Lipinski definition) is 11. The Morgan fingerprint density at radius 1 is 0.633 bits per heavy atom. The van der Waals surface area contributed by atoms with Crippen LogP contribution in [0.1, 0.15) is 99.2 Å². The molecule has 2 aliphatic heterocycles. The van der Waals surface area contributed by atoms with Crippen molar-refractivity contribution in [2.45, 2.75) is 156 Å². The monoisotopic (exact) mass is 1280 g/mol. The smallest absolute Gasteiger partial charge is 0.387 e. The Bertz CT molecular complexity index is 3890. The van der Waals surface area contributed by atoms with Crippen molar-refractivity contribution < 1.29 is 86.1 Å². The largest absolute Gasteiger partial charge is 0.435 e. The van der Waals surface area contributed by atoms with Crippen LogP contribution in [0.5, 0.6) is 11.5 Å². The van der Waals surface area contributed by atoms with E-state index in [-0.39, 0.29) is 89.8 Å². The summed E-state index contributed by atoms with van der Waals surface area (Å²) in [5.74, 6) is -9.03. The number of aromatic amines is 1. The lowest BCUT2D eigenvalue weighted by Crippen LogP contribution is -2.54. The van der Waals surface area contributed by atoms with Crippen LogP contribution < -0.4 is 20.1 Å². The van der Waals surface area contributed by atoms with Crippen LogP contribution in [0.4, 0.5) is 55.5 Å². The molecule has 11 rings (SSSR count). The molecule has 17 nitrogen and oxygen atoms in total. The first-order valence-electron chi connectivity index (χ1n) is 28.9. The second kappa shape index (κ2) is 25.5. The molecular formula is C62H62F10N8O9S. The number of H-pyrrole nitrogens is 1. The summed E-state index contributed by atoms with van der Waals surface area (Å²) in [4.78, 5) is 69.3. The van der Waals surface area contributed by atoms with Crippen molar-refractivity contribution in [3.05, 3.63) is 137 Å². The molecule has 4 aliphatic rings. The van der Waals surface area contributed by atoms with Crippen LogP contribution in [0.25, 0.3) is 22.1 Å². The molecule has 4 amide bonds. The molecule has 0 bridgehead atoms. The molecule has 2 saturated carbocycles. The summed E-state index contributed by atoms with van der Waals surface area (Å²) < 4.78 is 175. The molecule has 0 unspecified atom stereocenters. The highest BCUT2D eigenvalue weighted by molar-refractivity contribution is 7.90. The van der Waals surface area contributed by atoms with Crippen molar-refractivity contribution in [1.82, 2.24) is 28.7 Å². The number of aliphatic hydroxyl groups is 1. The van der Waals surface area contributed by atoms with E-state index in [9.17, 15) is 76.6 Å². The first kappa shape index (κ1) is 64.7. The average molecular weight is 1290 g/mol. The van der Waals surface area contributed by atoms with Gasteiger partial charge < -0.3 is 40.0 Å². The Morgan fingerprint density at radius 2 is 1.08 bits per heavy atom. The number of aromatic nitrogens is 4. The van der Waals surface area contributed by atoms with Gasteiger partial charge in [-0.1, -0.05) is 48.9 Å². The standard InChI is InChI=1S/C35H35F5N4O5S.C27H27F5N4O4/c1-3-24-19-27-28(44(24)50(47,48)26-10-4-21(2)5-11-26)12-13-30(41-27)42-31(45)29-18-23(36)20-43(29)32(46)34(14-16-35(39,40)17-15-34)22-6-8-25(9-7-22)49-33(37)38;28-16-11-21(23(38)35-22-6-5-19-20(34-22)12-17(14-37)33-19)36(13-16)24(39)26(7-9-27(31,32)10-8-26)15-1-3-18(4-2-15)40-25(29)30/h4-13,19,23,29,33H,3,14-18,20H2,1-2H3,(H,41,42,45);1-6,12,16,21,25,33,37H,7-11,13-14H2,(H,34,35,38)/t23-,29-;16-,21-/m11/s1. The van der Waals surface area contributed by atoms with E-state index in [2.05, 4.69) is 35.1 Å². The number of rotatable bonds is 16. The lowest BCUT2D eigenvalue weighted by molar-refractivity contribution is -0.147. The van der Waals surface area contributed by atoms with Crippen LogP contribution in [-0.2, 0) is 53.1 Å². The Hall–Kier alpha value is -8.27. The van der Waals surface area contributed by atoms with Crippen LogP contribution in [0, 0.1) is 6.92 Å². The molecule has 4 N–H and O–H groups in total. The summed E-state index contributed by atoms with van der Waals surface area (Å²) >= 11 is 0. The van der Waals surface area contributed by atoms with Gasteiger partial charge in [0.25, 0.3) is 10.0 Å². The van der Waals surface area contributed by atoms with Gasteiger partial charge in [-0.3, -0.25) is 19.2 Å². The first-order valence-corrected chi connectivity index (χ1v) is 30.4. The van der Waals surface area contributed by atoms with Crippen LogP contribution >= 0.6 is 0 Å². The number of nitrogens with one attached hydrogen (secondary N) is 3. The molecule has 4 aromatic heterocycles. The zero-order chi connectivity index (χ0) is 64.7. The molecule has 7 aromatic rings. The number of pyridine rings is 2. The van der Waals surface area contributed by atoms with E-state index < -0.39 is 133 Å². The van der Waals surface area contributed by atoms with E-state index in [0.717, 1.165) is 15.4 Å². The lowest BCUT2D eigenvalue weighted by atomic mass is 9.67. The number of benzene rings is 3. The molecule has 0 radical (unpaired) electrons. The van der Waals surface area contributed by atoms with Crippen LogP contribution in [0.3, 0.4) is 0 Å². The van der Waals surface area contributed by atoms with Crippen molar-refractivity contribution >= 4 is 67.4 Å². The van der Waals surface area contributed by atoms with E-state index in [0.29, 0.717) is 34.4 Å². The van der Waals surface area contributed by atoms with Crippen molar-refractivity contribution in [3.8, 4) is 11.5 Å². The zero-order valence-corrected chi connectivity index (χ0v) is 49.2. The number of carbonyl (C=O) groups excluding carboxylic acids is 4. The van der Waals surface area contributed by atoms with Gasteiger partial charge in [-0.25, -0.2) is 48.7 Å². The number of hydrogen-bond donors (Lipinski definition) is 4. The Balaban J connectivity index is 0.000000203. The maximum absolute atomic E-state index is 15.0. The molecule has 4 atom stereocenters. The molecular weight excluding hydrogens is 1220 g/mol. The highest BCUT2D eigenvalue weighted by atomic mass is 32.2. The van der Waals surface area contributed by atoms with E-state index in [1.165, 1.54) is 82.8 Å². The third-order valence-electron chi connectivity index (χ3n) is 17.2. The quantitative estimate of drug-likeness (QED) is 0.0667. The summed E-state index contributed by atoms with van der Waals surface area (Å²) in [5.41, 5.74) is 1.05. The summed E-state index contributed by atoms with van der Waals surface area (Å²) in [6, 6.07) is 23.5. The molecule has 28 heteroatoms. The van der Waals surface area contributed by atoms with E-state index in [1.54, 1.807) is 37.3 Å². The SMILES string of the molecule is CCc1cc2nc(NC(=O)[C@H]3C[C@@H](F)CN3C(=O)C3(c4ccc(OC(F)F)cc4)CCC(F)(F)CC3)ccc2n1S(=O)(=O)c1ccc(C)cc1.O=C(Nc1ccc2[nH]c(CO)cc2n1)[C@H]1C[C@@H](F)CN1C(=O)C1(c2ccc(OC(F)F)cc2)CCC(F)(F)CC1. The van der Waals surface area contributed by atoms with Gasteiger partial charge in [0.05, 0.1) is 57.5 Å². The van der Waals surface area contributed by atoms with Crippen LogP contribution in [-0.4, -0.2) is 128 Å². The van der Waals surface area contributed by atoms with Gasteiger partial charge in [-0.2, -0.15) is 17.6 Å². The lowest BCUT2D eigenvalue weighted by Gasteiger charge is -2.42. The summed E-state index contributed by atoms with van der Waals surface area (Å²) in [6.45, 7) is -3.60. The molecule has 6 heterocycles. The molecule has 4 fully saturated rings. The maximum atomic E-state index is 15.0. The van der Waals surface area contributed by atoms with Gasteiger partial charge in [-0.05, 0) is 123 Å². The fourth-order valence-corrected chi connectivity index (χ4v) is 14.1. The molecule has 0 spiro atoms. The number of amides is 4. The highest BCUT2D eigenvalue weighted by Crippen LogP contribution is 2.50. The van der Waals surface area contributed by atoms with Crippen molar-refractivity contribution in [1.29, 1.82) is 0 Å². The van der Waals surface area contributed by atoms with E-state index >= 15 is 0 Å². The van der Waals surface area contributed by atoms with Gasteiger partial charge in [-0.15, -0.1) is 0 Å². The number of fused-ring (bicyclic) bond motifs is 2. The first-order chi connectivity index (χ1) is 42.6. The van der Waals surface area contributed by atoms with Gasteiger partial charge in [0, 0.05) is 49.9 Å². The van der Waals surface area contributed by atoms with Crippen LogP contribution in [0.15, 0.2) is 114 Å². The number of carbonyl (C=O) groups is 4. The normalized spacial score (nSPS) is 21.1. The zero-order valence-electron chi connectivity index (χ0n) is 48.4.